The van der Waals surface area contributed by atoms with Gasteiger partial charge in [0, 0.05) is 11.8 Å². The molecule has 0 aromatic carbocycles. The second-order valence-electron chi connectivity index (χ2n) is 4.95. The molecule has 2 unspecified atom stereocenters. The normalized spacial score (nSPS) is 28.8. The average Bonchev–Trinajstić information content (AvgIpc) is 2.94. The molecule has 1 saturated carbocycles. The Hall–Kier alpha value is -0.750. The lowest BCUT2D eigenvalue weighted by molar-refractivity contribution is -0.148. The van der Waals surface area contributed by atoms with Gasteiger partial charge in [0.1, 0.15) is 6.04 Å². The first-order valence-corrected chi connectivity index (χ1v) is 7.53. The highest BCUT2D eigenvalue weighted by Crippen LogP contribution is 2.28. The van der Waals surface area contributed by atoms with Crippen molar-refractivity contribution in [3.8, 4) is 0 Å². The second kappa shape index (κ2) is 5.93. The Morgan fingerprint density at radius 1 is 1.39 bits per heavy atom. The minimum absolute atomic E-state index is 0.0380. The van der Waals surface area contributed by atoms with Crippen LogP contribution in [0.2, 0.25) is 0 Å². The maximum atomic E-state index is 12.1. The Morgan fingerprint density at radius 3 is 2.67 bits per heavy atom. The van der Waals surface area contributed by atoms with Gasteiger partial charge in [-0.2, -0.15) is 0 Å². The molecule has 102 valence electrons. The number of thioether (sulfide) groups is 1. The zero-order valence-corrected chi connectivity index (χ0v) is 11.4. The van der Waals surface area contributed by atoms with Gasteiger partial charge in [0.05, 0.1) is 11.9 Å². The number of aliphatic carboxylic acids is 1. The summed E-state index contributed by atoms with van der Waals surface area (Å²) in [5.74, 6) is -0.501. The van der Waals surface area contributed by atoms with E-state index < -0.39 is 12.0 Å². The summed E-state index contributed by atoms with van der Waals surface area (Å²) in [5, 5.41) is 12.3. The molecule has 1 aliphatic carbocycles. The molecule has 6 heteroatoms. The van der Waals surface area contributed by atoms with Crippen molar-refractivity contribution in [3.05, 3.63) is 0 Å². The number of carboxylic acids is 1. The van der Waals surface area contributed by atoms with Gasteiger partial charge in [-0.25, -0.2) is 4.79 Å². The Labute approximate surface area is 111 Å². The summed E-state index contributed by atoms with van der Waals surface area (Å²) in [7, 11) is 0. The third kappa shape index (κ3) is 2.98. The molecule has 1 heterocycles. The highest BCUT2D eigenvalue weighted by Gasteiger charge is 2.39. The molecule has 0 spiro atoms. The van der Waals surface area contributed by atoms with E-state index >= 15 is 0 Å². The van der Waals surface area contributed by atoms with E-state index in [-0.39, 0.29) is 17.8 Å². The molecule has 1 aliphatic heterocycles. The molecule has 18 heavy (non-hydrogen) atoms. The minimum atomic E-state index is -0.902. The van der Waals surface area contributed by atoms with Crippen molar-refractivity contribution < 1.29 is 14.7 Å². The topological polar surface area (TPSA) is 69.6 Å². The highest BCUT2D eigenvalue weighted by molar-refractivity contribution is 8.00. The molecule has 2 rings (SSSR count). The number of carbonyl (C=O) groups excluding carboxylic acids is 1. The summed E-state index contributed by atoms with van der Waals surface area (Å²) in [6.07, 6.45) is 4.69. The van der Waals surface area contributed by atoms with Crippen LogP contribution in [-0.2, 0) is 9.59 Å². The van der Waals surface area contributed by atoms with E-state index in [1.165, 1.54) is 29.5 Å². The SMILES string of the molecule is CC1SCC(C(=O)O)N1C(=O)CNC1CCCC1. The first-order chi connectivity index (χ1) is 8.59. The van der Waals surface area contributed by atoms with Crippen LogP contribution in [0.15, 0.2) is 0 Å². The van der Waals surface area contributed by atoms with Crippen molar-refractivity contribution in [2.75, 3.05) is 12.3 Å². The first kappa shape index (κ1) is 13.7. The predicted molar refractivity (Wildman–Crippen MR) is 70.4 cm³/mol. The quantitative estimate of drug-likeness (QED) is 0.795. The van der Waals surface area contributed by atoms with Crippen LogP contribution in [0, 0.1) is 0 Å². The Balaban J connectivity index is 1.87. The van der Waals surface area contributed by atoms with E-state index in [2.05, 4.69) is 5.32 Å². The van der Waals surface area contributed by atoms with Crippen LogP contribution in [0.1, 0.15) is 32.6 Å². The van der Waals surface area contributed by atoms with E-state index in [1.54, 1.807) is 0 Å². The summed E-state index contributed by atoms with van der Waals surface area (Å²) in [6.45, 7) is 2.15. The number of amides is 1. The van der Waals surface area contributed by atoms with E-state index in [0.717, 1.165) is 12.8 Å². The molecule has 2 atom stereocenters. The number of hydrogen-bond donors (Lipinski definition) is 2. The van der Waals surface area contributed by atoms with E-state index in [4.69, 9.17) is 5.11 Å². The van der Waals surface area contributed by atoms with Crippen LogP contribution < -0.4 is 5.32 Å². The second-order valence-corrected chi connectivity index (χ2v) is 6.30. The molecule has 2 fully saturated rings. The van der Waals surface area contributed by atoms with Gasteiger partial charge in [-0.1, -0.05) is 12.8 Å². The van der Waals surface area contributed by atoms with Gasteiger partial charge in [-0.05, 0) is 19.8 Å². The van der Waals surface area contributed by atoms with Gasteiger partial charge < -0.3 is 15.3 Å². The molecule has 0 radical (unpaired) electrons. The summed E-state index contributed by atoms with van der Waals surface area (Å²) in [6, 6.07) is -0.231. The summed E-state index contributed by atoms with van der Waals surface area (Å²) >= 11 is 1.52. The number of hydrogen-bond acceptors (Lipinski definition) is 4. The van der Waals surface area contributed by atoms with Crippen molar-refractivity contribution in [1.29, 1.82) is 0 Å². The number of carbonyl (C=O) groups is 2. The van der Waals surface area contributed by atoms with Crippen molar-refractivity contribution >= 4 is 23.6 Å². The lowest BCUT2D eigenvalue weighted by Gasteiger charge is -2.25. The predicted octanol–water partition coefficient (Wildman–Crippen LogP) is 0.893. The van der Waals surface area contributed by atoms with Crippen molar-refractivity contribution in [2.45, 2.75) is 50.1 Å². The Bertz CT molecular complexity index is 331. The standard InChI is InChI=1S/C12H20N2O3S/c1-8-14(10(7-18-8)12(16)17)11(15)6-13-9-4-2-3-5-9/h8-10,13H,2-7H2,1H3,(H,16,17). The molecular formula is C12H20N2O3S. The number of nitrogens with one attached hydrogen (secondary N) is 1. The Morgan fingerprint density at radius 2 is 2.06 bits per heavy atom. The monoisotopic (exact) mass is 272 g/mol. The molecule has 1 amide bonds. The number of rotatable bonds is 4. The van der Waals surface area contributed by atoms with Crippen molar-refractivity contribution in [3.63, 3.8) is 0 Å². The van der Waals surface area contributed by atoms with Crippen LogP contribution in [0.3, 0.4) is 0 Å². The first-order valence-electron chi connectivity index (χ1n) is 6.48. The molecule has 0 bridgehead atoms. The molecule has 2 aliphatic rings. The molecule has 0 aromatic heterocycles. The van der Waals surface area contributed by atoms with Crippen LogP contribution in [0.4, 0.5) is 0 Å². The fraction of sp³-hybridized carbons (Fsp3) is 0.833. The van der Waals surface area contributed by atoms with Gasteiger partial charge in [0.25, 0.3) is 0 Å². The van der Waals surface area contributed by atoms with Crippen LogP contribution >= 0.6 is 11.8 Å². The molecule has 0 aromatic rings. The third-order valence-corrected chi connectivity index (χ3v) is 4.91. The minimum Gasteiger partial charge on any atom is -0.480 e. The van der Waals surface area contributed by atoms with Gasteiger partial charge in [-0.15, -0.1) is 11.8 Å². The van der Waals surface area contributed by atoms with E-state index in [1.807, 2.05) is 6.92 Å². The smallest absolute Gasteiger partial charge is 0.327 e. The Kier molecular flexibility index (Phi) is 4.50. The van der Waals surface area contributed by atoms with Gasteiger partial charge in [0.15, 0.2) is 0 Å². The molecule has 1 saturated heterocycles. The van der Waals surface area contributed by atoms with Gasteiger partial charge >= 0.3 is 5.97 Å². The van der Waals surface area contributed by atoms with Crippen LogP contribution in [0.5, 0.6) is 0 Å². The lowest BCUT2D eigenvalue weighted by Crippen LogP contribution is -2.49. The van der Waals surface area contributed by atoms with Crippen LogP contribution in [-0.4, -0.2) is 51.6 Å². The number of carboxylic acid groups (broad SMARTS) is 1. The molecule has 5 nitrogen and oxygen atoms in total. The van der Waals surface area contributed by atoms with Gasteiger partial charge in [-0.3, -0.25) is 4.79 Å². The summed E-state index contributed by atoms with van der Waals surface area (Å²) in [4.78, 5) is 24.7. The highest BCUT2D eigenvalue weighted by atomic mass is 32.2. The van der Waals surface area contributed by atoms with Crippen molar-refractivity contribution in [2.24, 2.45) is 0 Å². The number of nitrogens with zero attached hydrogens (tertiary/aromatic N) is 1. The molecular weight excluding hydrogens is 252 g/mol. The van der Waals surface area contributed by atoms with E-state index in [9.17, 15) is 9.59 Å². The summed E-state index contributed by atoms with van der Waals surface area (Å²) < 4.78 is 0. The third-order valence-electron chi connectivity index (χ3n) is 3.69. The maximum absolute atomic E-state index is 12.1. The largest absolute Gasteiger partial charge is 0.480 e. The summed E-state index contributed by atoms with van der Waals surface area (Å²) in [5.41, 5.74) is 0. The fourth-order valence-corrected chi connectivity index (χ4v) is 3.85. The molecule has 2 N–H and O–H groups in total. The van der Waals surface area contributed by atoms with Crippen molar-refractivity contribution in [1.82, 2.24) is 10.2 Å². The zero-order chi connectivity index (χ0) is 13.1. The van der Waals surface area contributed by atoms with E-state index in [0.29, 0.717) is 11.8 Å². The average molecular weight is 272 g/mol. The lowest BCUT2D eigenvalue weighted by atomic mass is 10.2. The van der Waals surface area contributed by atoms with Gasteiger partial charge in [0.2, 0.25) is 5.91 Å². The van der Waals surface area contributed by atoms with Crippen LogP contribution in [0.25, 0.3) is 0 Å². The maximum Gasteiger partial charge on any atom is 0.327 e. The fourth-order valence-electron chi connectivity index (χ4n) is 2.66. The zero-order valence-electron chi connectivity index (χ0n) is 10.6.